The van der Waals surface area contributed by atoms with E-state index in [-0.39, 0.29) is 0 Å². The van der Waals surface area contributed by atoms with Gasteiger partial charge in [0, 0.05) is 12.6 Å². The van der Waals surface area contributed by atoms with E-state index in [1.807, 2.05) is 6.07 Å². The molecule has 1 atom stereocenters. The summed E-state index contributed by atoms with van der Waals surface area (Å²) in [6, 6.07) is 13.4. The first-order valence-electron chi connectivity index (χ1n) is 7.97. The highest BCUT2D eigenvalue weighted by molar-refractivity contribution is 5.84. The Morgan fingerprint density at radius 3 is 2.52 bits per heavy atom. The highest BCUT2D eigenvalue weighted by atomic mass is 16.5. The van der Waals surface area contributed by atoms with Crippen molar-refractivity contribution in [3.05, 3.63) is 42.0 Å². The number of methoxy groups -OCH3 is 1. The van der Waals surface area contributed by atoms with Crippen molar-refractivity contribution in [3.8, 4) is 5.75 Å². The van der Waals surface area contributed by atoms with Crippen molar-refractivity contribution in [2.75, 3.05) is 13.7 Å². The van der Waals surface area contributed by atoms with E-state index < -0.39 is 0 Å². The maximum Gasteiger partial charge on any atom is 0.119 e. The van der Waals surface area contributed by atoms with E-state index in [1.54, 1.807) is 7.11 Å². The van der Waals surface area contributed by atoms with E-state index in [1.165, 1.54) is 35.6 Å². The minimum absolute atomic E-state index is 0.403. The molecule has 0 spiro atoms. The lowest BCUT2D eigenvalue weighted by atomic mass is 10.0. The second kappa shape index (κ2) is 5.69. The molecule has 0 aliphatic heterocycles. The van der Waals surface area contributed by atoms with Crippen LogP contribution >= 0.6 is 0 Å². The summed E-state index contributed by atoms with van der Waals surface area (Å²) < 4.78 is 5.28. The summed E-state index contributed by atoms with van der Waals surface area (Å²) in [5, 5.41) is 6.23. The number of hydrogen-bond acceptors (Lipinski definition) is 2. The SMILES string of the molecule is CCC1(CNC(C)c2ccc3cc(OC)ccc3c2)CC1. The molecule has 2 heteroatoms. The molecule has 1 aliphatic carbocycles. The van der Waals surface area contributed by atoms with E-state index in [0.717, 1.165) is 12.3 Å². The Morgan fingerprint density at radius 1 is 1.14 bits per heavy atom. The Labute approximate surface area is 127 Å². The lowest BCUT2D eigenvalue weighted by Crippen LogP contribution is -2.26. The monoisotopic (exact) mass is 283 g/mol. The second-order valence-corrected chi connectivity index (χ2v) is 6.43. The molecule has 21 heavy (non-hydrogen) atoms. The van der Waals surface area contributed by atoms with Crippen molar-refractivity contribution in [3.63, 3.8) is 0 Å². The van der Waals surface area contributed by atoms with Crippen molar-refractivity contribution < 1.29 is 4.74 Å². The molecule has 1 fully saturated rings. The van der Waals surface area contributed by atoms with Crippen LogP contribution in [-0.4, -0.2) is 13.7 Å². The molecule has 0 heterocycles. The number of benzene rings is 2. The van der Waals surface area contributed by atoms with Crippen molar-refractivity contribution in [2.45, 2.75) is 39.2 Å². The van der Waals surface area contributed by atoms with Crippen molar-refractivity contribution in [1.29, 1.82) is 0 Å². The van der Waals surface area contributed by atoms with Crippen LogP contribution in [0.5, 0.6) is 5.75 Å². The van der Waals surface area contributed by atoms with E-state index in [4.69, 9.17) is 4.74 Å². The Kier molecular flexibility index (Phi) is 3.90. The van der Waals surface area contributed by atoms with Crippen LogP contribution < -0.4 is 10.1 Å². The highest BCUT2D eigenvalue weighted by Crippen LogP contribution is 2.48. The molecule has 0 amide bonds. The normalized spacial score (nSPS) is 17.7. The molecule has 1 N–H and O–H groups in total. The first-order valence-corrected chi connectivity index (χ1v) is 7.97. The van der Waals surface area contributed by atoms with Gasteiger partial charge in [-0.25, -0.2) is 0 Å². The molecular formula is C19H25NO. The largest absolute Gasteiger partial charge is 0.497 e. The van der Waals surface area contributed by atoms with Gasteiger partial charge in [-0.2, -0.15) is 0 Å². The molecule has 0 bridgehead atoms. The van der Waals surface area contributed by atoms with Crippen LogP contribution in [0, 0.1) is 5.41 Å². The first kappa shape index (κ1) is 14.4. The predicted octanol–water partition coefficient (Wildman–Crippen LogP) is 4.69. The smallest absolute Gasteiger partial charge is 0.119 e. The van der Waals surface area contributed by atoms with Gasteiger partial charge in [-0.3, -0.25) is 0 Å². The fraction of sp³-hybridized carbons (Fsp3) is 0.474. The minimum Gasteiger partial charge on any atom is -0.497 e. The molecule has 1 unspecified atom stereocenters. The Hall–Kier alpha value is -1.54. The third kappa shape index (κ3) is 3.06. The number of nitrogens with one attached hydrogen (secondary N) is 1. The zero-order chi connectivity index (χ0) is 14.9. The zero-order valence-electron chi connectivity index (χ0n) is 13.3. The van der Waals surface area contributed by atoms with Crippen LogP contribution in [0.2, 0.25) is 0 Å². The minimum atomic E-state index is 0.403. The van der Waals surface area contributed by atoms with Crippen molar-refractivity contribution in [2.24, 2.45) is 5.41 Å². The molecule has 1 aliphatic rings. The summed E-state index contributed by atoms with van der Waals surface area (Å²) in [6.07, 6.45) is 4.08. The molecule has 2 aromatic rings. The average molecular weight is 283 g/mol. The maximum atomic E-state index is 5.28. The van der Waals surface area contributed by atoms with Gasteiger partial charge in [-0.1, -0.05) is 25.1 Å². The number of rotatable bonds is 6. The molecule has 3 rings (SSSR count). The van der Waals surface area contributed by atoms with Crippen molar-refractivity contribution in [1.82, 2.24) is 5.32 Å². The predicted molar refractivity (Wildman–Crippen MR) is 88.9 cm³/mol. The molecule has 1 saturated carbocycles. The third-order valence-corrected chi connectivity index (χ3v) is 5.06. The van der Waals surface area contributed by atoms with Gasteiger partial charge in [0.2, 0.25) is 0 Å². The number of hydrogen-bond donors (Lipinski definition) is 1. The van der Waals surface area contributed by atoms with Gasteiger partial charge < -0.3 is 10.1 Å². The third-order valence-electron chi connectivity index (χ3n) is 5.06. The highest BCUT2D eigenvalue weighted by Gasteiger charge is 2.40. The summed E-state index contributed by atoms with van der Waals surface area (Å²) in [6.45, 7) is 5.71. The lowest BCUT2D eigenvalue weighted by Gasteiger charge is -2.19. The van der Waals surface area contributed by atoms with Crippen LogP contribution in [0.4, 0.5) is 0 Å². The fourth-order valence-electron chi connectivity index (χ4n) is 2.96. The summed E-state index contributed by atoms with van der Waals surface area (Å²) in [5.41, 5.74) is 1.96. The molecule has 2 aromatic carbocycles. The van der Waals surface area contributed by atoms with Crippen LogP contribution in [0.25, 0.3) is 10.8 Å². The molecule has 0 radical (unpaired) electrons. The van der Waals surface area contributed by atoms with Crippen LogP contribution in [0.3, 0.4) is 0 Å². The Balaban J connectivity index is 1.74. The van der Waals surface area contributed by atoms with Crippen LogP contribution in [0.1, 0.15) is 44.7 Å². The van der Waals surface area contributed by atoms with E-state index in [9.17, 15) is 0 Å². The maximum absolute atomic E-state index is 5.28. The van der Waals surface area contributed by atoms with Gasteiger partial charge in [-0.05, 0) is 66.1 Å². The average Bonchev–Trinajstić information content (AvgIpc) is 3.32. The summed E-state index contributed by atoms with van der Waals surface area (Å²) in [7, 11) is 1.71. The van der Waals surface area contributed by atoms with Gasteiger partial charge in [0.15, 0.2) is 0 Å². The lowest BCUT2D eigenvalue weighted by molar-refractivity contribution is 0.415. The first-order chi connectivity index (χ1) is 10.2. The summed E-state index contributed by atoms with van der Waals surface area (Å²) in [5.74, 6) is 0.917. The van der Waals surface area contributed by atoms with Crippen LogP contribution in [-0.2, 0) is 0 Å². The quantitative estimate of drug-likeness (QED) is 0.830. The van der Waals surface area contributed by atoms with E-state index >= 15 is 0 Å². The second-order valence-electron chi connectivity index (χ2n) is 6.43. The standard InChI is InChI=1S/C19H25NO/c1-4-19(9-10-19)13-20-14(2)15-5-6-17-12-18(21-3)8-7-16(17)11-15/h5-8,11-12,14,20H,4,9-10,13H2,1-3H3. The van der Waals surface area contributed by atoms with Gasteiger partial charge in [0.05, 0.1) is 7.11 Å². The summed E-state index contributed by atoms with van der Waals surface area (Å²) in [4.78, 5) is 0. The van der Waals surface area contributed by atoms with Gasteiger partial charge in [-0.15, -0.1) is 0 Å². The van der Waals surface area contributed by atoms with Gasteiger partial charge in [0.25, 0.3) is 0 Å². The van der Waals surface area contributed by atoms with Gasteiger partial charge in [0.1, 0.15) is 5.75 Å². The number of fused-ring (bicyclic) bond motifs is 1. The topological polar surface area (TPSA) is 21.3 Å². The van der Waals surface area contributed by atoms with Gasteiger partial charge >= 0.3 is 0 Å². The van der Waals surface area contributed by atoms with Crippen LogP contribution in [0.15, 0.2) is 36.4 Å². The number of ether oxygens (including phenoxy) is 1. The fourth-order valence-corrected chi connectivity index (χ4v) is 2.96. The molecule has 0 saturated heterocycles. The molecule has 0 aromatic heterocycles. The summed E-state index contributed by atoms with van der Waals surface area (Å²) >= 11 is 0. The molecule has 112 valence electrons. The Bertz CT molecular complexity index is 630. The molecular weight excluding hydrogens is 258 g/mol. The molecule has 2 nitrogen and oxygen atoms in total. The Morgan fingerprint density at radius 2 is 1.86 bits per heavy atom. The van der Waals surface area contributed by atoms with E-state index in [2.05, 4.69) is 49.5 Å². The van der Waals surface area contributed by atoms with Crippen molar-refractivity contribution >= 4 is 10.8 Å². The van der Waals surface area contributed by atoms with E-state index in [0.29, 0.717) is 11.5 Å². The zero-order valence-corrected chi connectivity index (χ0v) is 13.3.